The van der Waals surface area contributed by atoms with E-state index in [0.717, 1.165) is 12.0 Å². The number of hydrogen-bond donors (Lipinski definition) is 1. The summed E-state index contributed by atoms with van der Waals surface area (Å²) in [5, 5.41) is 7.28. The van der Waals surface area contributed by atoms with Crippen molar-refractivity contribution >= 4 is 5.91 Å². The standard InChI is InChI=1S/C23H26N4O2/c1-26(2)20(15-18-9-5-3-6-10-18)16-24-22(28)17-27-23(29)14-13-21(25-27)19-11-7-4-8-12-19/h3-14,20H,15-17H2,1-2H3,(H,24,28)/t20-/m0/s1. The number of rotatable bonds is 8. The van der Waals surface area contributed by atoms with Gasteiger partial charge in [-0.05, 0) is 32.1 Å². The molecule has 1 amide bonds. The maximum atomic E-state index is 12.5. The van der Waals surface area contributed by atoms with Crippen LogP contribution in [0.5, 0.6) is 0 Å². The van der Waals surface area contributed by atoms with Crippen LogP contribution < -0.4 is 10.9 Å². The monoisotopic (exact) mass is 390 g/mol. The van der Waals surface area contributed by atoms with Gasteiger partial charge in [0.2, 0.25) is 5.91 Å². The fourth-order valence-electron chi connectivity index (χ4n) is 3.07. The average molecular weight is 390 g/mol. The van der Waals surface area contributed by atoms with Crippen molar-refractivity contribution < 1.29 is 4.79 Å². The topological polar surface area (TPSA) is 67.2 Å². The molecule has 0 aliphatic heterocycles. The van der Waals surface area contributed by atoms with Gasteiger partial charge >= 0.3 is 0 Å². The molecule has 0 spiro atoms. The Labute approximate surface area is 170 Å². The first kappa shape index (κ1) is 20.5. The maximum absolute atomic E-state index is 12.5. The molecule has 0 radical (unpaired) electrons. The predicted molar refractivity (Wildman–Crippen MR) is 115 cm³/mol. The summed E-state index contributed by atoms with van der Waals surface area (Å²) in [4.78, 5) is 26.7. The summed E-state index contributed by atoms with van der Waals surface area (Å²) >= 11 is 0. The second kappa shape index (κ2) is 9.80. The summed E-state index contributed by atoms with van der Waals surface area (Å²) in [6.45, 7) is 0.388. The van der Waals surface area contributed by atoms with E-state index in [-0.39, 0.29) is 24.1 Å². The number of carbonyl (C=O) groups is 1. The Balaban J connectivity index is 1.63. The van der Waals surface area contributed by atoms with Crippen LogP contribution in [-0.2, 0) is 17.8 Å². The van der Waals surface area contributed by atoms with E-state index < -0.39 is 0 Å². The number of nitrogens with one attached hydrogen (secondary N) is 1. The number of hydrogen-bond acceptors (Lipinski definition) is 4. The van der Waals surface area contributed by atoms with Gasteiger partial charge in [-0.15, -0.1) is 0 Å². The van der Waals surface area contributed by atoms with Gasteiger partial charge in [0.05, 0.1) is 5.69 Å². The van der Waals surface area contributed by atoms with Crippen LogP contribution in [0.2, 0.25) is 0 Å². The highest BCUT2D eigenvalue weighted by molar-refractivity contribution is 5.75. The Morgan fingerprint density at radius 1 is 1.00 bits per heavy atom. The van der Waals surface area contributed by atoms with Crippen molar-refractivity contribution in [1.82, 2.24) is 20.0 Å². The summed E-state index contributed by atoms with van der Waals surface area (Å²) in [6, 6.07) is 23.0. The van der Waals surface area contributed by atoms with Crippen molar-refractivity contribution in [2.24, 2.45) is 0 Å². The van der Waals surface area contributed by atoms with E-state index in [2.05, 4.69) is 27.4 Å². The molecule has 1 atom stereocenters. The zero-order valence-electron chi connectivity index (χ0n) is 16.8. The zero-order chi connectivity index (χ0) is 20.6. The lowest BCUT2D eigenvalue weighted by Crippen LogP contribution is -2.43. The van der Waals surface area contributed by atoms with E-state index in [4.69, 9.17) is 0 Å². The van der Waals surface area contributed by atoms with Crippen molar-refractivity contribution in [2.45, 2.75) is 19.0 Å². The van der Waals surface area contributed by atoms with E-state index in [9.17, 15) is 9.59 Å². The largest absolute Gasteiger partial charge is 0.353 e. The summed E-state index contributed by atoms with van der Waals surface area (Å²) in [6.07, 6.45) is 0.829. The predicted octanol–water partition coefficient (Wildman–Crippen LogP) is 2.20. The molecule has 0 fully saturated rings. The van der Waals surface area contributed by atoms with E-state index in [1.54, 1.807) is 6.07 Å². The van der Waals surface area contributed by atoms with Crippen LogP contribution in [-0.4, -0.2) is 47.3 Å². The van der Waals surface area contributed by atoms with Crippen LogP contribution >= 0.6 is 0 Å². The molecule has 3 aromatic rings. The Kier molecular flexibility index (Phi) is 6.92. The first-order valence-corrected chi connectivity index (χ1v) is 9.63. The molecule has 0 aliphatic rings. The van der Waals surface area contributed by atoms with Gasteiger partial charge in [-0.25, -0.2) is 4.68 Å². The Hall–Kier alpha value is -3.25. The lowest BCUT2D eigenvalue weighted by atomic mass is 10.1. The summed E-state index contributed by atoms with van der Waals surface area (Å²) < 4.78 is 1.21. The molecule has 0 unspecified atom stereocenters. The van der Waals surface area contributed by atoms with Crippen LogP contribution in [0.25, 0.3) is 11.3 Å². The zero-order valence-corrected chi connectivity index (χ0v) is 16.8. The number of likely N-dealkylation sites (N-methyl/N-ethyl adjacent to an activating group) is 1. The van der Waals surface area contributed by atoms with Crippen molar-refractivity contribution in [3.05, 3.63) is 88.7 Å². The van der Waals surface area contributed by atoms with Gasteiger partial charge in [-0.1, -0.05) is 60.7 Å². The molecule has 0 saturated carbocycles. The molecule has 0 saturated heterocycles. The van der Waals surface area contributed by atoms with Gasteiger partial charge in [0.15, 0.2) is 0 Å². The van der Waals surface area contributed by atoms with Gasteiger partial charge in [-0.3, -0.25) is 9.59 Å². The summed E-state index contributed by atoms with van der Waals surface area (Å²) in [5.41, 5.74) is 2.48. The fourth-order valence-corrected chi connectivity index (χ4v) is 3.07. The van der Waals surface area contributed by atoms with Crippen LogP contribution in [0.3, 0.4) is 0 Å². The number of amides is 1. The van der Waals surface area contributed by atoms with E-state index in [0.29, 0.717) is 12.2 Å². The normalized spacial score (nSPS) is 12.0. The van der Waals surface area contributed by atoms with E-state index >= 15 is 0 Å². The number of nitrogens with zero attached hydrogens (tertiary/aromatic N) is 3. The molecule has 2 aromatic carbocycles. The Morgan fingerprint density at radius 3 is 2.31 bits per heavy atom. The highest BCUT2D eigenvalue weighted by Crippen LogP contribution is 2.13. The minimum absolute atomic E-state index is 0.106. The van der Waals surface area contributed by atoms with Crippen molar-refractivity contribution in [1.29, 1.82) is 0 Å². The maximum Gasteiger partial charge on any atom is 0.267 e. The molecule has 1 N–H and O–H groups in total. The molecule has 0 aliphatic carbocycles. The Morgan fingerprint density at radius 2 is 1.66 bits per heavy atom. The van der Waals surface area contributed by atoms with Gasteiger partial charge in [-0.2, -0.15) is 5.10 Å². The minimum Gasteiger partial charge on any atom is -0.353 e. The van der Waals surface area contributed by atoms with Gasteiger partial charge < -0.3 is 10.2 Å². The SMILES string of the molecule is CN(C)[C@H](CNC(=O)Cn1nc(-c2ccccc2)ccc1=O)Cc1ccccc1. The quantitative estimate of drug-likeness (QED) is 0.640. The second-order valence-electron chi connectivity index (χ2n) is 7.19. The third kappa shape index (κ3) is 5.86. The van der Waals surface area contributed by atoms with Crippen molar-refractivity contribution in [2.75, 3.05) is 20.6 Å². The first-order chi connectivity index (χ1) is 14.0. The number of aromatic nitrogens is 2. The lowest BCUT2D eigenvalue weighted by molar-refractivity contribution is -0.122. The summed E-state index contributed by atoms with van der Waals surface area (Å²) in [7, 11) is 3.99. The minimum atomic E-state index is -0.298. The molecule has 29 heavy (non-hydrogen) atoms. The highest BCUT2D eigenvalue weighted by Gasteiger charge is 2.14. The molecule has 1 heterocycles. The number of carbonyl (C=O) groups excluding carboxylic acids is 1. The van der Waals surface area contributed by atoms with Crippen LogP contribution in [0, 0.1) is 0 Å². The van der Waals surface area contributed by atoms with Crippen molar-refractivity contribution in [3.8, 4) is 11.3 Å². The number of benzene rings is 2. The van der Waals surface area contributed by atoms with Crippen LogP contribution in [0.4, 0.5) is 0 Å². The van der Waals surface area contributed by atoms with Crippen molar-refractivity contribution in [3.63, 3.8) is 0 Å². The smallest absolute Gasteiger partial charge is 0.267 e. The van der Waals surface area contributed by atoms with Gasteiger partial charge in [0, 0.05) is 24.2 Å². The molecular weight excluding hydrogens is 364 g/mol. The fraction of sp³-hybridized carbons (Fsp3) is 0.261. The molecule has 150 valence electrons. The molecule has 1 aromatic heterocycles. The third-order valence-electron chi connectivity index (χ3n) is 4.81. The van der Waals surface area contributed by atoms with Crippen LogP contribution in [0.1, 0.15) is 5.56 Å². The molecule has 6 nitrogen and oxygen atoms in total. The van der Waals surface area contributed by atoms with E-state index in [1.165, 1.54) is 16.3 Å². The average Bonchev–Trinajstić information content (AvgIpc) is 2.74. The highest BCUT2D eigenvalue weighted by atomic mass is 16.2. The molecular formula is C23H26N4O2. The molecule has 6 heteroatoms. The van der Waals surface area contributed by atoms with E-state index in [1.807, 2.05) is 62.6 Å². The van der Waals surface area contributed by atoms with Gasteiger partial charge in [0.25, 0.3) is 5.56 Å². The lowest BCUT2D eigenvalue weighted by Gasteiger charge is -2.24. The molecule has 0 bridgehead atoms. The molecule has 3 rings (SSSR count). The Bertz CT molecular complexity index is 985. The summed E-state index contributed by atoms with van der Waals surface area (Å²) in [5.74, 6) is -0.232. The third-order valence-corrected chi connectivity index (χ3v) is 4.81. The second-order valence-corrected chi connectivity index (χ2v) is 7.19. The van der Waals surface area contributed by atoms with Gasteiger partial charge in [0.1, 0.15) is 6.54 Å². The van der Waals surface area contributed by atoms with Crippen LogP contribution in [0.15, 0.2) is 77.6 Å². The first-order valence-electron chi connectivity index (χ1n) is 9.63.